The average Bonchev–Trinajstić information content (AvgIpc) is 2.60. The molecule has 4 atom stereocenters. The van der Waals surface area contributed by atoms with Gasteiger partial charge in [0.2, 0.25) is 11.8 Å². The van der Waals surface area contributed by atoms with Crippen LogP contribution < -0.4 is 21.7 Å². The van der Waals surface area contributed by atoms with Crippen molar-refractivity contribution in [2.24, 2.45) is 5.73 Å². The summed E-state index contributed by atoms with van der Waals surface area (Å²) in [6, 6.07) is 4.64. The fraction of sp³-hybridized carbons (Fsp3) is 0.389. The zero-order valence-electron chi connectivity index (χ0n) is 15.1. The van der Waals surface area contributed by atoms with Crippen molar-refractivity contribution in [2.45, 2.75) is 44.6 Å². The van der Waals surface area contributed by atoms with Crippen LogP contribution in [0.15, 0.2) is 35.9 Å². The van der Waals surface area contributed by atoms with Gasteiger partial charge in [0.15, 0.2) is 0 Å². The minimum atomic E-state index is -1.28. The van der Waals surface area contributed by atoms with E-state index in [-0.39, 0.29) is 12.0 Å². The Bertz CT molecular complexity index is 747. The Morgan fingerprint density at radius 3 is 2.41 bits per heavy atom. The quantitative estimate of drug-likeness (QED) is 0.410. The molecule has 1 aromatic carbocycles. The second kappa shape index (κ2) is 8.65. The minimum Gasteiger partial charge on any atom is -0.390 e. The van der Waals surface area contributed by atoms with Gasteiger partial charge in [-0.1, -0.05) is 23.8 Å². The van der Waals surface area contributed by atoms with Crippen LogP contribution in [0.1, 0.15) is 18.9 Å². The Morgan fingerprint density at radius 2 is 1.81 bits per heavy atom. The van der Waals surface area contributed by atoms with Crippen molar-refractivity contribution in [3.63, 3.8) is 0 Å². The lowest BCUT2D eigenvalue weighted by molar-refractivity contribution is -0.125. The van der Waals surface area contributed by atoms with Crippen LogP contribution in [0.5, 0.6) is 0 Å². The van der Waals surface area contributed by atoms with Gasteiger partial charge in [0, 0.05) is 17.7 Å². The molecule has 1 aliphatic carbocycles. The molecule has 146 valence electrons. The Balaban J connectivity index is 2.06. The van der Waals surface area contributed by atoms with Crippen LogP contribution in [0.25, 0.3) is 0 Å². The molecule has 0 spiro atoms. The van der Waals surface area contributed by atoms with Crippen molar-refractivity contribution in [2.75, 3.05) is 5.32 Å². The van der Waals surface area contributed by atoms with Crippen LogP contribution in [0, 0.1) is 6.92 Å². The maximum absolute atomic E-state index is 12.2. The number of hydrogen-bond donors (Lipinski definition) is 6. The normalized spacial score (nSPS) is 23.0. The maximum atomic E-state index is 12.2. The van der Waals surface area contributed by atoms with E-state index in [1.54, 1.807) is 12.1 Å². The first-order chi connectivity index (χ1) is 12.7. The standard InChI is InChI=1S/C18H24N4O5/c1-9-3-5-12(6-4-9)21-18(27)22-13-7-11(8-14(23)15(13)24)17(26)20-10(2)16(19)25/h3-7,10,13-15,23-24H,8H2,1-2H3,(H2,19,25)(H,20,26)(H2,21,22,27). The van der Waals surface area contributed by atoms with Gasteiger partial charge < -0.3 is 31.9 Å². The third kappa shape index (κ3) is 5.53. The number of hydrogen-bond acceptors (Lipinski definition) is 5. The smallest absolute Gasteiger partial charge is 0.319 e. The Kier molecular flexibility index (Phi) is 6.54. The van der Waals surface area contributed by atoms with Crippen LogP contribution in [0.3, 0.4) is 0 Å². The zero-order chi connectivity index (χ0) is 20.1. The Hall–Kier alpha value is -2.91. The number of aliphatic hydroxyl groups is 2. The molecular weight excluding hydrogens is 352 g/mol. The number of aliphatic hydroxyl groups excluding tert-OH is 2. The highest BCUT2D eigenvalue weighted by Gasteiger charge is 2.34. The summed E-state index contributed by atoms with van der Waals surface area (Å²) in [5.41, 5.74) is 6.85. The first-order valence-electron chi connectivity index (χ1n) is 8.48. The highest BCUT2D eigenvalue weighted by Crippen LogP contribution is 2.20. The summed E-state index contributed by atoms with van der Waals surface area (Å²) in [5.74, 6) is -1.30. The van der Waals surface area contributed by atoms with E-state index in [9.17, 15) is 24.6 Å². The van der Waals surface area contributed by atoms with Gasteiger partial charge in [-0.15, -0.1) is 0 Å². The summed E-state index contributed by atoms with van der Waals surface area (Å²) in [6.07, 6.45) is -1.28. The third-order valence-electron chi connectivity index (χ3n) is 4.25. The van der Waals surface area contributed by atoms with Crippen molar-refractivity contribution in [3.05, 3.63) is 41.5 Å². The summed E-state index contributed by atoms with van der Waals surface area (Å²) < 4.78 is 0. The van der Waals surface area contributed by atoms with Gasteiger partial charge in [-0.25, -0.2) is 4.79 Å². The van der Waals surface area contributed by atoms with E-state index in [0.717, 1.165) is 5.56 Å². The number of benzene rings is 1. The number of carbonyl (C=O) groups is 3. The van der Waals surface area contributed by atoms with Crippen molar-refractivity contribution < 1.29 is 24.6 Å². The predicted molar refractivity (Wildman–Crippen MR) is 98.6 cm³/mol. The largest absolute Gasteiger partial charge is 0.390 e. The summed E-state index contributed by atoms with van der Waals surface area (Å²) in [5, 5.41) is 27.7. The maximum Gasteiger partial charge on any atom is 0.319 e. The van der Waals surface area contributed by atoms with Crippen molar-refractivity contribution in [1.29, 1.82) is 0 Å². The Morgan fingerprint density at radius 1 is 1.19 bits per heavy atom. The molecule has 4 unspecified atom stereocenters. The molecule has 7 N–H and O–H groups in total. The van der Waals surface area contributed by atoms with Gasteiger partial charge in [0.05, 0.1) is 12.1 Å². The molecule has 9 heteroatoms. The van der Waals surface area contributed by atoms with Crippen LogP contribution in [-0.4, -0.2) is 52.4 Å². The lowest BCUT2D eigenvalue weighted by Gasteiger charge is -2.31. The van der Waals surface area contributed by atoms with Crippen molar-refractivity contribution >= 4 is 23.5 Å². The molecule has 0 heterocycles. The first-order valence-corrected chi connectivity index (χ1v) is 8.48. The number of primary amides is 1. The fourth-order valence-electron chi connectivity index (χ4n) is 2.58. The molecule has 0 aliphatic heterocycles. The van der Waals surface area contributed by atoms with Gasteiger partial charge in [-0.2, -0.15) is 0 Å². The first kappa shape index (κ1) is 20.4. The number of aryl methyl sites for hydroxylation is 1. The van der Waals surface area contributed by atoms with Gasteiger partial charge in [0.1, 0.15) is 12.1 Å². The van der Waals surface area contributed by atoms with E-state index in [0.29, 0.717) is 5.69 Å². The highest BCUT2D eigenvalue weighted by molar-refractivity contribution is 5.97. The van der Waals surface area contributed by atoms with Gasteiger partial charge >= 0.3 is 6.03 Å². The molecule has 1 aromatic rings. The lowest BCUT2D eigenvalue weighted by Crippen LogP contribution is -2.52. The SMILES string of the molecule is Cc1ccc(NC(=O)NC2C=C(C(=O)NC(C)C(N)=O)CC(O)C2O)cc1. The van der Waals surface area contributed by atoms with E-state index in [1.165, 1.54) is 13.0 Å². The second-order valence-corrected chi connectivity index (χ2v) is 6.54. The minimum absolute atomic E-state index is 0.115. The predicted octanol–water partition coefficient (Wildman–Crippen LogP) is -0.473. The summed E-state index contributed by atoms with van der Waals surface area (Å²) in [4.78, 5) is 35.4. The zero-order valence-corrected chi connectivity index (χ0v) is 15.1. The average molecular weight is 376 g/mol. The molecule has 0 fully saturated rings. The van der Waals surface area contributed by atoms with E-state index >= 15 is 0 Å². The molecule has 0 aromatic heterocycles. The van der Waals surface area contributed by atoms with E-state index in [2.05, 4.69) is 16.0 Å². The van der Waals surface area contributed by atoms with Crippen LogP contribution >= 0.6 is 0 Å². The molecule has 4 amide bonds. The topological polar surface area (TPSA) is 154 Å². The molecule has 0 saturated carbocycles. The van der Waals surface area contributed by atoms with E-state index in [1.807, 2.05) is 19.1 Å². The molecule has 0 radical (unpaired) electrons. The number of amides is 4. The highest BCUT2D eigenvalue weighted by atomic mass is 16.3. The summed E-state index contributed by atoms with van der Waals surface area (Å²) >= 11 is 0. The molecular formula is C18H24N4O5. The van der Waals surface area contributed by atoms with E-state index < -0.39 is 42.1 Å². The van der Waals surface area contributed by atoms with Gasteiger partial charge in [-0.05, 0) is 26.0 Å². The molecule has 1 aliphatic rings. The number of nitrogens with two attached hydrogens (primary N) is 1. The lowest BCUT2D eigenvalue weighted by atomic mass is 9.90. The molecule has 27 heavy (non-hydrogen) atoms. The third-order valence-corrected chi connectivity index (χ3v) is 4.25. The summed E-state index contributed by atoms with van der Waals surface area (Å²) in [6.45, 7) is 3.35. The summed E-state index contributed by atoms with van der Waals surface area (Å²) in [7, 11) is 0. The van der Waals surface area contributed by atoms with Crippen molar-refractivity contribution in [1.82, 2.24) is 10.6 Å². The molecule has 0 bridgehead atoms. The number of urea groups is 1. The molecule has 9 nitrogen and oxygen atoms in total. The monoisotopic (exact) mass is 376 g/mol. The van der Waals surface area contributed by atoms with Gasteiger partial charge in [0.25, 0.3) is 0 Å². The molecule has 2 rings (SSSR count). The number of anilines is 1. The number of nitrogens with one attached hydrogen (secondary N) is 3. The van der Waals surface area contributed by atoms with Crippen molar-refractivity contribution in [3.8, 4) is 0 Å². The van der Waals surface area contributed by atoms with E-state index in [4.69, 9.17) is 5.73 Å². The van der Waals surface area contributed by atoms with Crippen LogP contribution in [-0.2, 0) is 9.59 Å². The second-order valence-electron chi connectivity index (χ2n) is 6.54. The van der Waals surface area contributed by atoms with Crippen LogP contribution in [0.2, 0.25) is 0 Å². The van der Waals surface area contributed by atoms with Crippen LogP contribution in [0.4, 0.5) is 10.5 Å². The number of rotatable bonds is 5. The Labute approximate surface area is 156 Å². The number of carbonyl (C=O) groups excluding carboxylic acids is 3. The fourth-order valence-corrected chi connectivity index (χ4v) is 2.58. The van der Waals surface area contributed by atoms with Gasteiger partial charge in [-0.3, -0.25) is 9.59 Å². The molecule has 0 saturated heterocycles.